The number of nitrogens with zero attached hydrogens (tertiary/aromatic N) is 2. The molecule has 2 aromatic carbocycles. The molecule has 1 atom stereocenters. The number of anilines is 1. The van der Waals surface area contributed by atoms with Gasteiger partial charge in [0, 0.05) is 12.1 Å². The molecular weight excluding hydrogens is 291 g/mol. The maximum Gasteiger partial charge on any atom is 0.0992 e. The lowest BCUT2D eigenvalue weighted by Gasteiger charge is -2.29. The van der Waals surface area contributed by atoms with Crippen molar-refractivity contribution in [2.24, 2.45) is 0 Å². The second kappa shape index (κ2) is 6.17. The summed E-state index contributed by atoms with van der Waals surface area (Å²) in [6.07, 6.45) is 0. The Morgan fingerprint density at radius 2 is 1.80 bits per heavy atom. The fourth-order valence-electron chi connectivity index (χ4n) is 2.09. The van der Waals surface area contributed by atoms with Gasteiger partial charge in [-0.1, -0.05) is 41.4 Å². The first kappa shape index (κ1) is 14.7. The second-order valence-electron chi connectivity index (χ2n) is 4.59. The van der Waals surface area contributed by atoms with Crippen LogP contribution in [-0.2, 0) is 0 Å². The van der Waals surface area contributed by atoms with Crippen molar-refractivity contribution in [3.05, 3.63) is 63.6 Å². The van der Waals surface area contributed by atoms with Gasteiger partial charge >= 0.3 is 0 Å². The molecule has 0 amide bonds. The Hall–Kier alpha value is -1.69. The Morgan fingerprint density at radius 3 is 2.40 bits per heavy atom. The number of nitriles is 1. The number of hydrogen-bond acceptors (Lipinski definition) is 2. The van der Waals surface area contributed by atoms with E-state index in [0.717, 1.165) is 16.3 Å². The van der Waals surface area contributed by atoms with Crippen LogP contribution in [0.5, 0.6) is 0 Å². The van der Waals surface area contributed by atoms with Crippen molar-refractivity contribution in [1.29, 1.82) is 5.26 Å². The van der Waals surface area contributed by atoms with Gasteiger partial charge < -0.3 is 4.90 Å². The Morgan fingerprint density at radius 1 is 1.10 bits per heavy atom. The van der Waals surface area contributed by atoms with E-state index >= 15 is 0 Å². The van der Waals surface area contributed by atoms with Gasteiger partial charge in [-0.05, 0) is 36.8 Å². The van der Waals surface area contributed by atoms with Crippen LogP contribution >= 0.6 is 23.2 Å². The zero-order valence-corrected chi connectivity index (χ0v) is 12.8. The van der Waals surface area contributed by atoms with Gasteiger partial charge in [0.05, 0.1) is 28.4 Å². The van der Waals surface area contributed by atoms with E-state index in [0.29, 0.717) is 10.6 Å². The lowest BCUT2D eigenvalue weighted by atomic mass is 10.1. The first-order chi connectivity index (χ1) is 9.54. The summed E-state index contributed by atoms with van der Waals surface area (Å²) in [5, 5.41) is 10.2. The molecule has 2 aromatic rings. The third kappa shape index (κ3) is 2.90. The van der Waals surface area contributed by atoms with Crippen LogP contribution in [0, 0.1) is 11.3 Å². The molecule has 0 saturated carbocycles. The van der Waals surface area contributed by atoms with Crippen molar-refractivity contribution < 1.29 is 0 Å². The zero-order valence-electron chi connectivity index (χ0n) is 11.3. The average molecular weight is 305 g/mol. The van der Waals surface area contributed by atoms with Crippen LogP contribution in [0.15, 0.2) is 42.5 Å². The molecule has 4 heteroatoms. The Kier molecular flexibility index (Phi) is 4.54. The van der Waals surface area contributed by atoms with Crippen LogP contribution in [0.2, 0.25) is 10.0 Å². The third-order valence-electron chi connectivity index (χ3n) is 3.39. The fourth-order valence-corrected chi connectivity index (χ4v) is 2.70. The van der Waals surface area contributed by atoms with Crippen LogP contribution in [0.3, 0.4) is 0 Å². The smallest absolute Gasteiger partial charge is 0.0992 e. The monoisotopic (exact) mass is 304 g/mol. The SMILES string of the molecule is CC(c1ccccc1Cl)N(C)c1ccc(C#N)cc1Cl. The first-order valence-electron chi connectivity index (χ1n) is 6.21. The number of halogens is 2. The number of hydrogen-bond donors (Lipinski definition) is 0. The van der Waals surface area contributed by atoms with Gasteiger partial charge in [0.25, 0.3) is 0 Å². The predicted molar refractivity (Wildman–Crippen MR) is 84.4 cm³/mol. The summed E-state index contributed by atoms with van der Waals surface area (Å²) in [5.41, 5.74) is 2.47. The van der Waals surface area contributed by atoms with E-state index in [1.54, 1.807) is 12.1 Å². The van der Waals surface area contributed by atoms with E-state index < -0.39 is 0 Å². The zero-order chi connectivity index (χ0) is 14.7. The van der Waals surface area contributed by atoms with Crippen LogP contribution in [-0.4, -0.2) is 7.05 Å². The summed E-state index contributed by atoms with van der Waals surface area (Å²) in [5.74, 6) is 0. The summed E-state index contributed by atoms with van der Waals surface area (Å²) >= 11 is 12.5. The summed E-state index contributed by atoms with van der Waals surface area (Å²) in [7, 11) is 1.96. The molecule has 0 fully saturated rings. The fraction of sp³-hybridized carbons (Fsp3) is 0.188. The Labute approximate surface area is 129 Å². The standard InChI is InChI=1S/C16H14Cl2N2/c1-11(13-5-3-4-6-14(13)17)20(2)16-8-7-12(10-19)9-15(16)18/h3-9,11H,1-2H3. The summed E-state index contributed by atoms with van der Waals surface area (Å²) in [6, 6.07) is 15.2. The minimum atomic E-state index is 0.0779. The van der Waals surface area contributed by atoms with Gasteiger partial charge in [0.2, 0.25) is 0 Å². The molecule has 0 N–H and O–H groups in total. The highest BCUT2D eigenvalue weighted by Gasteiger charge is 2.17. The van der Waals surface area contributed by atoms with Gasteiger partial charge in [0.15, 0.2) is 0 Å². The van der Waals surface area contributed by atoms with E-state index in [1.807, 2.05) is 42.3 Å². The molecule has 0 spiro atoms. The van der Waals surface area contributed by atoms with Crippen molar-refractivity contribution >= 4 is 28.9 Å². The largest absolute Gasteiger partial charge is 0.367 e. The highest BCUT2D eigenvalue weighted by atomic mass is 35.5. The summed E-state index contributed by atoms with van der Waals surface area (Å²) in [6.45, 7) is 2.07. The molecule has 0 radical (unpaired) electrons. The molecule has 0 bridgehead atoms. The summed E-state index contributed by atoms with van der Waals surface area (Å²) in [4.78, 5) is 2.05. The number of benzene rings is 2. The van der Waals surface area contributed by atoms with Gasteiger partial charge in [0.1, 0.15) is 0 Å². The Bertz CT molecular complexity index is 662. The predicted octanol–water partition coefficient (Wildman–Crippen LogP) is 5.06. The van der Waals surface area contributed by atoms with Crippen LogP contribution < -0.4 is 4.90 Å². The van der Waals surface area contributed by atoms with Crippen LogP contribution in [0.4, 0.5) is 5.69 Å². The molecule has 20 heavy (non-hydrogen) atoms. The quantitative estimate of drug-likeness (QED) is 0.792. The molecule has 2 nitrogen and oxygen atoms in total. The molecule has 0 aliphatic heterocycles. The van der Waals surface area contributed by atoms with Crippen molar-refractivity contribution in [2.75, 3.05) is 11.9 Å². The lowest BCUT2D eigenvalue weighted by molar-refractivity contribution is 0.740. The molecule has 0 aliphatic rings. The molecule has 2 rings (SSSR count). The Balaban J connectivity index is 2.34. The van der Waals surface area contributed by atoms with Crippen molar-refractivity contribution in [2.45, 2.75) is 13.0 Å². The lowest BCUT2D eigenvalue weighted by Crippen LogP contribution is -2.22. The summed E-state index contributed by atoms with van der Waals surface area (Å²) < 4.78 is 0. The van der Waals surface area contributed by atoms with Crippen LogP contribution in [0.25, 0.3) is 0 Å². The van der Waals surface area contributed by atoms with Crippen molar-refractivity contribution in [3.63, 3.8) is 0 Å². The molecular formula is C16H14Cl2N2. The molecule has 0 saturated heterocycles. The van der Waals surface area contributed by atoms with E-state index in [1.165, 1.54) is 0 Å². The van der Waals surface area contributed by atoms with Crippen molar-refractivity contribution in [3.8, 4) is 6.07 Å². The van der Waals surface area contributed by atoms with E-state index in [9.17, 15) is 0 Å². The first-order valence-corrected chi connectivity index (χ1v) is 6.97. The van der Waals surface area contributed by atoms with Gasteiger partial charge in [-0.25, -0.2) is 0 Å². The van der Waals surface area contributed by atoms with Gasteiger partial charge in [-0.15, -0.1) is 0 Å². The second-order valence-corrected chi connectivity index (χ2v) is 5.40. The highest BCUT2D eigenvalue weighted by Crippen LogP contribution is 2.34. The minimum Gasteiger partial charge on any atom is -0.367 e. The van der Waals surface area contributed by atoms with Crippen molar-refractivity contribution in [1.82, 2.24) is 0 Å². The number of rotatable bonds is 3. The normalized spacial score (nSPS) is 11.8. The molecule has 102 valence electrons. The highest BCUT2D eigenvalue weighted by molar-refractivity contribution is 6.33. The third-order valence-corrected chi connectivity index (χ3v) is 4.04. The molecule has 1 unspecified atom stereocenters. The maximum atomic E-state index is 8.88. The average Bonchev–Trinajstić information content (AvgIpc) is 2.46. The minimum absolute atomic E-state index is 0.0779. The van der Waals surface area contributed by atoms with Crippen LogP contribution in [0.1, 0.15) is 24.1 Å². The molecule has 0 heterocycles. The topological polar surface area (TPSA) is 27.0 Å². The van der Waals surface area contributed by atoms with E-state index in [2.05, 4.69) is 13.0 Å². The van der Waals surface area contributed by atoms with E-state index in [4.69, 9.17) is 28.5 Å². The maximum absolute atomic E-state index is 8.88. The molecule has 0 aromatic heterocycles. The van der Waals surface area contributed by atoms with Gasteiger partial charge in [-0.3, -0.25) is 0 Å². The molecule has 0 aliphatic carbocycles. The van der Waals surface area contributed by atoms with E-state index in [-0.39, 0.29) is 6.04 Å². The van der Waals surface area contributed by atoms with Gasteiger partial charge in [-0.2, -0.15) is 5.26 Å².